The van der Waals surface area contributed by atoms with E-state index in [1.54, 1.807) is 11.1 Å². The lowest BCUT2D eigenvalue weighted by molar-refractivity contribution is 0.0290. The Balaban J connectivity index is 1.37. The molecule has 0 radical (unpaired) electrons. The van der Waals surface area contributed by atoms with Crippen molar-refractivity contribution in [1.29, 1.82) is 0 Å². The molecule has 2 aromatic heterocycles. The molecule has 1 atom stereocenters. The highest BCUT2D eigenvalue weighted by Crippen LogP contribution is 2.39. The molecule has 5 rings (SSSR count). The zero-order chi connectivity index (χ0) is 27.0. The molecule has 38 heavy (non-hydrogen) atoms. The van der Waals surface area contributed by atoms with Crippen LogP contribution in [0.25, 0.3) is 22.3 Å². The molecule has 2 amide bonds. The summed E-state index contributed by atoms with van der Waals surface area (Å²) in [5.74, 6) is 0.139. The minimum absolute atomic E-state index is 0.0772. The average molecular weight is 526 g/mol. The largest absolute Gasteiger partial charge is 0.494 e. The van der Waals surface area contributed by atoms with Gasteiger partial charge in [0, 0.05) is 37.0 Å². The van der Waals surface area contributed by atoms with E-state index in [-0.39, 0.29) is 17.7 Å². The van der Waals surface area contributed by atoms with Crippen LogP contribution < -0.4 is 14.8 Å². The molecule has 11 heteroatoms. The quantitative estimate of drug-likeness (QED) is 0.472. The van der Waals surface area contributed by atoms with E-state index >= 15 is 0 Å². The third-order valence-corrected chi connectivity index (χ3v) is 6.56. The molecule has 0 spiro atoms. The number of fused-ring (bicyclic) bond motifs is 1. The van der Waals surface area contributed by atoms with Crippen molar-refractivity contribution < 1.29 is 28.2 Å². The third kappa shape index (κ3) is 5.51. The summed E-state index contributed by atoms with van der Waals surface area (Å²) in [6, 6.07) is 2.63. The molecule has 202 valence electrons. The first-order valence-corrected chi connectivity index (χ1v) is 12.7. The van der Waals surface area contributed by atoms with Crippen molar-refractivity contribution in [2.75, 3.05) is 26.8 Å². The van der Waals surface area contributed by atoms with E-state index in [0.29, 0.717) is 65.6 Å². The van der Waals surface area contributed by atoms with Gasteiger partial charge in [-0.3, -0.25) is 4.79 Å². The molecule has 1 aliphatic heterocycles. The van der Waals surface area contributed by atoms with Crippen LogP contribution in [0.5, 0.6) is 11.5 Å². The molecule has 2 aliphatic rings. The first-order chi connectivity index (χ1) is 18.1. The second kappa shape index (κ2) is 10.1. The lowest BCUT2D eigenvalue weighted by Gasteiger charge is -2.24. The highest BCUT2D eigenvalue weighted by Gasteiger charge is 2.31. The van der Waals surface area contributed by atoms with Gasteiger partial charge in [0.15, 0.2) is 11.6 Å². The number of carbonyl (C=O) groups is 2. The number of nitrogens with one attached hydrogen (secondary N) is 2. The Hall–Kier alpha value is -3.89. The lowest BCUT2D eigenvalue weighted by Crippen LogP contribution is -2.40. The number of H-pyrrole nitrogens is 1. The molecular formula is C27H32FN5O5. The van der Waals surface area contributed by atoms with Crippen molar-refractivity contribution in [3.63, 3.8) is 0 Å². The van der Waals surface area contributed by atoms with Gasteiger partial charge in [-0.25, -0.2) is 19.2 Å². The summed E-state index contributed by atoms with van der Waals surface area (Å²) in [4.78, 5) is 39.0. The standard InChI is InChI=1S/C27H32FN5O5/c1-27(2,3)38-26(35)33-8-7-16(12-33)32-25(34)18-11-29-24-22(30-14-31-23(18)24)17-9-19(28)21(36-4)10-20(17)37-13-15-5-6-15/h9-11,14-16,29H,5-8,12-13H2,1-4H3,(H,32,34)/t16-/m1/s1. The van der Waals surface area contributed by atoms with Gasteiger partial charge in [0.1, 0.15) is 28.9 Å². The van der Waals surface area contributed by atoms with Crippen LogP contribution in [0.2, 0.25) is 0 Å². The molecular weight excluding hydrogens is 493 g/mol. The molecule has 3 aromatic rings. The van der Waals surface area contributed by atoms with Crippen molar-refractivity contribution in [3.8, 4) is 22.8 Å². The van der Waals surface area contributed by atoms with Crippen molar-refractivity contribution in [3.05, 3.63) is 36.0 Å². The normalized spacial score (nSPS) is 17.5. The SMILES string of the molecule is COc1cc(OCC2CC2)c(-c2ncnc3c(C(=O)N[C@@H]4CCN(C(=O)OC(C)(C)C)C4)c[nH]c23)cc1F. The Morgan fingerprint density at radius 3 is 2.68 bits per heavy atom. The zero-order valence-electron chi connectivity index (χ0n) is 22.0. The molecule has 3 heterocycles. The number of hydrogen-bond acceptors (Lipinski definition) is 7. The van der Waals surface area contributed by atoms with Crippen molar-refractivity contribution >= 4 is 23.0 Å². The van der Waals surface area contributed by atoms with Gasteiger partial charge in [-0.15, -0.1) is 0 Å². The first kappa shape index (κ1) is 25.7. The third-order valence-electron chi connectivity index (χ3n) is 6.56. The summed E-state index contributed by atoms with van der Waals surface area (Å²) in [5, 5.41) is 2.99. The maximum absolute atomic E-state index is 14.7. The fourth-order valence-corrected chi connectivity index (χ4v) is 4.44. The van der Waals surface area contributed by atoms with Crippen LogP contribution in [-0.2, 0) is 4.74 Å². The second-order valence-corrected chi connectivity index (χ2v) is 10.8. The number of hydrogen-bond donors (Lipinski definition) is 2. The van der Waals surface area contributed by atoms with Gasteiger partial charge in [0.25, 0.3) is 5.91 Å². The number of aromatic amines is 1. The Kier molecular flexibility index (Phi) is 6.85. The van der Waals surface area contributed by atoms with Crippen LogP contribution in [0.1, 0.15) is 50.4 Å². The maximum Gasteiger partial charge on any atom is 0.410 e. The molecule has 0 unspecified atom stereocenters. The number of ether oxygens (including phenoxy) is 3. The van der Waals surface area contributed by atoms with Gasteiger partial charge in [0.2, 0.25) is 0 Å². The number of halogens is 1. The molecule has 1 aromatic carbocycles. The summed E-state index contributed by atoms with van der Waals surface area (Å²) in [7, 11) is 1.40. The number of benzene rings is 1. The van der Waals surface area contributed by atoms with Gasteiger partial charge >= 0.3 is 6.09 Å². The monoisotopic (exact) mass is 525 g/mol. The van der Waals surface area contributed by atoms with Crippen LogP contribution in [0.15, 0.2) is 24.7 Å². The maximum atomic E-state index is 14.7. The average Bonchev–Trinajstić information content (AvgIpc) is 3.39. The number of methoxy groups -OCH3 is 1. The van der Waals surface area contributed by atoms with Crippen molar-refractivity contribution in [2.24, 2.45) is 5.92 Å². The van der Waals surface area contributed by atoms with Gasteiger partial charge in [-0.2, -0.15) is 0 Å². The minimum atomic E-state index is -0.588. The second-order valence-electron chi connectivity index (χ2n) is 10.8. The number of rotatable bonds is 7. The Morgan fingerprint density at radius 2 is 1.97 bits per heavy atom. The minimum Gasteiger partial charge on any atom is -0.494 e. The smallest absolute Gasteiger partial charge is 0.410 e. The summed E-state index contributed by atoms with van der Waals surface area (Å²) < 4.78 is 31.3. The van der Waals surface area contributed by atoms with E-state index in [1.165, 1.54) is 25.6 Å². The number of amides is 2. The van der Waals surface area contributed by atoms with Crippen molar-refractivity contribution in [1.82, 2.24) is 25.2 Å². The van der Waals surface area contributed by atoms with Gasteiger partial charge in [0.05, 0.1) is 24.8 Å². The molecule has 0 bridgehead atoms. The van der Waals surface area contributed by atoms with E-state index in [2.05, 4.69) is 20.3 Å². The fourth-order valence-electron chi connectivity index (χ4n) is 4.44. The highest BCUT2D eigenvalue weighted by atomic mass is 19.1. The summed E-state index contributed by atoms with van der Waals surface area (Å²) in [6.07, 6.45) is 5.33. The fraction of sp³-hybridized carbons (Fsp3) is 0.481. The number of aromatic nitrogens is 3. The molecule has 1 aliphatic carbocycles. The lowest BCUT2D eigenvalue weighted by atomic mass is 10.1. The van der Waals surface area contributed by atoms with E-state index in [1.807, 2.05) is 20.8 Å². The first-order valence-electron chi connectivity index (χ1n) is 12.7. The van der Waals surface area contributed by atoms with Crippen molar-refractivity contribution in [2.45, 2.75) is 51.7 Å². The zero-order valence-corrected chi connectivity index (χ0v) is 22.0. The summed E-state index contributed by atoms with van der Waals surface area (Å²) >= 11 is 0. The molecule has 10 nitrogen and oxygen atoms in total. The van der Waals surface area contributed by atoms with Gasteiger partial charge in [-0.1, -0.05) is 0 Å². The van der Waals surface area contributed by atoms with Crippen LogP contribution in [0.3, 0.4) is 0 Å². The Morgan fingerprint density at radius 1 is 1.18 bits per heavy atom. The summed E-state index contributed by atoms with van der Waals surface area (Å²) in [5.41, 5.74) is 1.48. The Labute approximate surface area is 219 Å². The number of carbonyl (C=O) groups excluding carboxylic acids is 2. The van der Waals surface area contributed by atoms with Gasteiger partial charge in [-0.05, 0) is 52.0 Å². The van der Waals surface area contributed by atoms with Crippen LogP contribution in [-0.4, -0.2) is 70.3 Å². The van der Waals surface area contributed by atoms with Crippen LogP contribution >= 0.6 is 0 Å². The van der Waals surface area contributed by atoms with E-state index in [4.69, 9.17) is 14.2 Å². The topological polar surface area (TPSA) is 119 Å². The highest BCUT2D eigenvalue weighted by molar-refractivity contribution is 6.08. The van der Waals surface area contributed by atoms with E-state index < -0.39 is 17.5 Å². The predicted molar refractivity (Wildman–Crippen MR) is 138 cm³/mol. The molecule has 1 saturated heterocycles. The molecule has 1 saturated carbocycles. The summed E-state index contributed by atoms with van der Waals surface area (Å²) in [6.45, 7) is 6.82. The van der Waals surface area contributed by atoms with E-state index in [0.717, 1.165) is 12.8 Å². The number of likely N-dealkylation sites (tertiary alicyclic amines) is 1. The van der Waals surface area contributed by atoms with E-state index in [9.17, 15) is 14.0 Å². The molecule has 2 N–H and O–H groups in total. The number of nitrogens with zero attached hydrogens (tertiary/aromatic N) is 3. The Bertz CT molecular complexity index is 1360. The van der Waals surface area contributed by atoms with Crippen LogP contribution in [0, 0.1) is 11.7 Å². The van der Waals surface area contributed by atoms with Gasteiger partial charge < -0.3 is 29.4 Å². The van der Waals surface area contributed by atoms with Crippen LogP contribution in [0.4, 0.5) is 9.18 Å². The predicted octanol–water partition coefficient (Wildman–Crippen LogP) is 4.30. The molecule has 2 fully saturated rings.